The number of carbonyl (C=O) groups is 1. The molecule has 0 unspecified atom stereocenters. The molecule has 134 valence electrons. The summed E-state index contributed by atoms with van der Waals surface area (Å²) >= 11 is 2.16. The smallest absolute Gasteiger partial charge is 0.262 e. The van der Waals surface area contributed by atoms with E-state index in [-0.39, 0.29) is 17.4 Å². The summed E-state index contributed by atoms with van der Waals surface area (Å²) in [4.78, 5) is 12.2. The molecule has 8 heteroatoms. The number of nitrogens with zero attached hydrogens (tertiary/aromatic N) is 1. The minimum Gasteiger partial charge on any atom is -0.484 e. The van der Waals surface area contributed by atoms with Gasteiger partial charge in [-0.1, -0.05) is 12.1 Å². The maximum absolute atomic E-state index is 12.3. The summed E-state index contributed by atoms with van der Waals surface area (Å²) in [7, 11) is -0.641. The Morgan fingerprint density at radius 2 is 1.92 bits per heavy atom. The first-order chi connectivity index (χ1) is 11.7. The molecule has 0 bridgehead atoms. The number of ether oxygens (including phenoxy) is 1. The Labute approximate surface area is 161 Å². The van der Waals surface area contributed by atoms with E-state index in [4.69, 9.17) is 4.74 Å². The second kappa shape index (κ2) is 8.15. The number of anilines is 1. The molecule has 0 heterocycles. The Balaban J connectivity index is 2.09. The highest BCUT2D eigenvalue weighted by Gasteiger charge is 2.20. The molecule has 25 heavy (non-hydrogen) atoms. The summed E-state index contributed by atoms with van der Waals surface area (Å²) in [6.07, 6.45) is 0. The molecule has 0 aliphatic heterocycles. The van der Waals surface area contributed by atoms with Gasteiger partial charge in [-0.15, -0.1) is 0 Å². The fraction of sp³-hybridized carbons (Fsp3) is 0.235. The predicted molar refractivity (Wildman–Crippen MR) is 105 cm³/mol. The molecule has 1 amide bonds. The Kier molecular flexibility index (Phi) is 6.42. The number of amides is 1. The second-order valence-electron chi connectivity index (χ2n) is 5.56. The average molecular weight is 474 g/mol. The summed E-state index contributed by atoms with van der Waals surface area (Å²) in [5.41, 5.74) is 1.02. The molecule has 2 rings (SSSR count). The molecule has 0 aromatic heterocycles. The van der Waals surface area contributed by atoms with E-state index in [1.165, 1.54) is 20.2 Å². The number of hydrogen-bond acceptors (Lipinski definition) is 4. The average Bonchev–Trinajstić information content (AvgIpc) is 2.54. The normalized spacial score (nSPS) is 11.4. The molecule has 0 saturated carbocycles. The Hall–Kier alpha value is -1.65. The highest BCUT2D eigenvalue weighted by atomic mass is 127. The van der Waals surface area contributed by atoms with E-state index in [1.54, 1.807) is 25.1 Å². The standard InChI is InChI=1S/C17H19IN2O4S/c1-12-7-8-14(10-16(12)25(22,23)20(2)3)19-17(21)11-24-15-6-4-5-13(18)9-15/h4-10H,11H2,1-3H3,(H,19,21). The number of halogens is 1. The lowest BCUT2D eigenvalue weighted by atomic mass is 10.2. The highest BCUT2D eigenvalue weighted by Crippen LogP contribution is 2.22. The Morgan fingerprint density at radius 1 is 1.20 bits per heavy atom. The van der Waals surface area contributed by atoms with Crippen LogP contribution in [0.15, 0.2) is 47.4 Å². The van der Waals surface area contributed by atoms with Crippen molar-refractivity contribution in [3.63, 3.8) is 0 Å². The number of sulfonamides is 1. The van der Waals surface area contributed by atoms with Gasteiger partial charge in [0.2, 0.25) is 10.0 Å². The molecule has 0 atom stereocenters. The lowest BCUT2D eigenvalue weighted by Crippen LogP contribution is -2.24. The minimum atomic E-state index is -3.58. The van der Waals surface area contributed by atoms with Gasteiger partial charge >= 0.3 is 0 Å². The quantitative estimate of drug-likeness (QED) is 0.654. The second-order valence-corrected chi connectivity index (χ2v) is 8.93. The van der Waals surface area contributed by atoms with Crippen molar-refractivity contribution in [3.8, 4) is 5.75 Å². The predicted octanol–water partition coefficient (Wildman–Crippen LogP) is 2.87. The topological polar surface area (TPSA) is 75.7 Å². The molecule has 0 spiro atoms. The first kappa shape index (κ1) is 19.7. The van der Waals surface area contributed by atoms with E-state index in [0.29, 0.717) is 17.0 Å². The third-order valence-corrected chi connectivity index (χ3v) is 6.02. The monoisotopic (exact) mass is 474 g/mol. The van der Waals surface area contributed by atoms with Crippen LogP contribution < -0.4 is 10.1 Å². The summed E-state index contributed by atoms with van der Waals surface area (Å²) < 4.78 is 32.2. The van der Waals surface area contributed by atoms with Gasteiger partial charge in [0, 0.05) is 23.4 Å². The summed E-state index contributed by atoms with van der Waals surface area (Å²) in [5, 5.41) is 2.66. The number of carbonyl (C=O) groups excluding carboxylic acids is 1. The zero-order valence-electron chi connectivity index (χ0n) is 14.1. The number of hydrogen-bond donors (Lipinski definition) is 1. The SMILES string of the molecule is Cc1ccc(NC(=O)COc2cccc(I)c2)cc1S(=O)(=O)N(C)C. The van der Waals surface area contributed by atoms with Gasteiger partial charge in [0.15, 0.2) is 6.61 Å². The van der Waals surface area contributed by atoms with Crippen LogP contribution in [0.1, 0.15) is 5.56 Å². The zero-order chi connectivity index (χ0) is 18.6. The molecule has 6 nitrogen and oxygen atoms in total. The highest BCUT2D eigenvalue weighted by molar-refractivity contribution is 14.1. The van der Waals surface area contributed by atoms with E-state index in [9.17, 15) is 13.2 Å². The van der Waals surface area contributed by atoms with E-state index < -0.39 is 10.0 Å². The van der Waals surface area contributed by atoms with E-state index in [2.05, 4.69) is 27.9 Å². The Bertz CT molecular complexity index is 882. The third kappa shape index (κ3) is 5.16. The van der Waals surface area contributed by atoms with Gasteiger partial charge < -0.3 is 10.1 Å². The molecular weight excluding hydrogens is 455 g/mol. The van der Waals surface area contributed by atoms with E-state index in [1.807, 2.05) is 18.2 Å². The van der Waals surface area contributed by atoms with Gasteiger partial charge in [-0.2, -0.15) is 0 Å². The molecule has 2 aromatic carbocycles. The van der Waals surface area contributed by atoms with Crippen molar-refractivity contribution in [1.29, 1.82) is 0 Å². The Morgan fingerprint density at radius 3 is 2.56 bits per heavy atom. The summed E-state index contributed by atoms with van der Waals surface area (Å²) in [5.74, 6) is 0.234. The fourth-order valence-electron chi connectivity index (χ4n) is 2.06. The van der Waals surface area contributed by atoms with Crippen LogP contribution in [-0.4, -0.2) is 39.3 Å². The van der Waals surface area contributed by atoms with Crippen molar-refractivity contribution >= 4 is 44.2 Å². The molecule has 0 saturated heterocycles. The van der Waals surface area contributed by atoms with Crippen LogP contribution >= 0.6 is 22.6 Å². The van der Waals surface area contributed by atoms with Crippen molar-refractivity contribution in [1.82, 2.24) is 4.31 Å². The number of nitrogens with one attached hydrogen (secondary N) is 1. The van der Waals surface area contributed by atoms with Crippen molar-refractivity contribution < 1.29 is 17.9 Å². The summed E-state index contributed by atoms with van der Waals surface area (Å²) in [6.45, 7) is 1.55. The van der Waals surface area contributed by atoms with Crippen molar-refractivity contribution in [2.45, 2.75) is 11.8 Å². The molecule has 0 radical (unpaired) electrons. The van der Waals surface area contributed by atoms with Crippen LogP contribution in [0.25, 0.3) is 0 Å². The molecule has 0 fully saturated rings. The lowest BCUT2D eigenvalue weighted by molar-refractivity contribution is -0.118. The molecule has 0 aliphatic rings. The van der Waals surface area contributed by atoms with Crippen molar-refractivity contribution in [2.24, 2.45) is 0 Å². The molecule has 0 aliphatic carbocycles. The first-order valence-electron chi connectivity index (χ1n) is 7.41. The van der Waals surface area contributed by atoms with Crippen LogP contribution in [-0.2, 0) is 14.8 Å². The van der Waals surface area contributed by atoms with Gasteiger partial charge in [-0.25, -0.2) is 12.7 Å². The van der Waals surface area contributed by atoms with Gasteiger partial charge in [0.1, 0.15) is 5.75 Å². The van der Waals surface area contributed by atoms with E-state index >= 15 is 0 Å². The maximum Gasteiger partial charge on any atom is 0.262 e. The zero-order valence-corrected chi connectivity index (χ0v) is 17.1. The van der Waals surface area contributed by atoms with Gasteiger partial charge in [0.25, 0.3) is 5.91 Å². The van der Waals surface area contributed by atoms with Gasteiger partial charge in [-0.05, 0) is 65.4 Å². The largest absolute Gasteiger partial charge is 0.484 e. The minimum absolute atomic E-state index is 0.161. The van der Waals surface area contributed by atoms with Crippen LogP contribution in [0, 0.1) is 10.5 Å². The third-order valence-electron chi connectivity index (χ3n) is 3.40. The fourth-order valence-corrected chi connectivity index (χ4v) is 3.71. The number of benzene rings is 2. The summed E-state index contributed by atoms with van der Waals surface area (Å²) in [6, 6.07) is 12.1. The maximum atomic E-state index is 12.3. The van der Waals surface area contributed by atoms with Gasteiger partial charge in [0.05, 0.1) is 4.90 Å². The van der Waals surface area contributed by atoms with Gasteiger partial charge in [-0.3, -0.25) is 4.79 Å². The van der Waals surface area contributed by atoms with Crippen LogP contribution in [0.3, 0.4) is 0 Å². The van der Waals surface area contributed by atoms with Crippen LogP contribution in [0.2, 0.25) is 0 Å². The number of rotatable bonds is 6. The molecular formula is C17H19IN2O4S. The van der Waals surface area contributed by atoms with Crippen molar-refractivity contribution in [2.75, 3.05) is 26.0 Å². The molecule has 2 aromatic rings. The number of aryl methyl sites for hydroxylation is 1. The first-order valence-corrected chi connectivity index (χ1v) is 9.93. The van der Waals surface area contributed by atoms with Crippen LogP contribution in [0.5, 0.6) is 5.75 Å². The van der Waals surface area contributed by atoms with E-state index in [0.717, 1.165) is 7.88 Å². The van der Waals surface area contributed by atoms with Crippen LogP contribution in [0.4, 0.5) is 5.69 Å². The van der Waals surface area contributed by atoms with Crippen molar-refractivity contribution in [3.05, 3.63) is 51.6 Å². The molecule has 1 N–H and O–H groups in total. The lowest BCUT2D eigenvalue weighted by Gasteiger charge is -2.15.